The monoisotopic (exact) mass is 319 g/mol. The fraction of sp³-hybridized carbons (Fsp3) is 0.529. The molecule has 0 unspecified atom stereocenters. The van der Waals surface area contributed by atoms with E-state index in [0.717, 1.165) is 31.6 Å². The molecule has 2 aliphatic heterocycles. The Bertz CT molecular complexity index is 582. The number of carbonyl (C=O) groups is 2. The first-order valence-electron chi connectivity index (χ1n) is 8.19. The van der Waals surface area contributed by atoms with Crippen LogP contribution in [-0.4, -0.2) is 53.3 Å². The number of piperidine rings is 1. The van der Waals surface area contributed by atoms with E-state index in [4.69, 9.17) is 0 Å². The largest absolute Gasteiger partial charge is 0.382 e. The molecule has 6 heteroatoms. The molecule has 2 aliphatic rings. The molecule has 0 radical (unpaired) electrons. The lowest BCUT2D eigenvalue weighted by atomic mass is 10.0. The highest BCUT2D eigenvalue weighted by atomic mass is 19.1. The minimum Gasteiger partial charge on any atom is -0.382 e. The molecular formula is C17H22FN3O2. The SMILES string of the molecule is CCN1C(=O)C[C@H](N2CCC(Nc3ccc(F)cc3)CC2)C1=O. The van der Waals surface area contributed by atoms with Crippen molar-refractivity contribution in [3.05, 3.63) is 30.1 Å². The molecule has 124 valence electrons. The Balaban J connectivity index is 1.53. The Kier molecular flexibility index (Phi) is 4.61. The van der Waals surface area contributed by atoms with Crippen LogP contribution in [0, 0.1) is 5.82 Å². The first-order chi connectivity index (χ1) is 11.1. The molecule has 1 aromatic carbocycles. The quantitative estimate of drug-likeness (QED) is 0.861. The van der Waals surface area contributed by atoms with Gasteiger partial charge in [0.25, 0.3) is 0 Å². The third-order valence-electron chi connectivity index (χ3n) is 4.72. The van der Waals surface area contributed by atoms with Gasteiger partial charge in [0.1, 0.15) is 5.82 Å². The highest BCUT2D eigenvalue weighted by Crippen LogP contribution is 2.24. The van der Waals surface area contributed by atoms with Crippen molar-refractivity contribution in [2.75, 3.05) is 25.0 Å². The number of carbonyl (C=O) groups excluding carboxylic acids is 2. The lowest BCUT2D eigenvalue weighted by Crippen LogP contribution is -2.47. The number of benzene rings is 1. The number of rotatable bonds is 4. The molecule has 1 atom stereocenters. The maximum atomic E-state index is 12.9. The van der Waals surface area contributed by atoms with Gasteiger partial charge in [-0.25, -0.2) is 4.39 Å². The van der Waals surface area contributed by atoms with Crippen molar-refractivity contribution in [1.29, 1.82) is 0 Å². The summed E-state index contributed by atoms with van der Waals surface area (Å²) in [5.41, 5.74) is 0.911. The third kappa shape index (κ3) is 3.37. The summed E-state index contributed by atoms with van der Waals surface area (Å²) in [4.78, 5) is 27.6. The van der Waals surface area contributed by atoms with E-state index in [2.05, 4.69) is 10.2 Å². The van der Waals surface area contributed by atoms with Gasteiger partial charge < -0.3 is 5.32 Å². The van der Waals surface area contributed by atoms with Crippen molar-refractivity contribution in [3.63, 3.8) is 0 Å². The molecule has 3 rings (SSSR count). The standard InChI is InChI=1S/C17H22FN3O2/c1-2-21-16(22)11-15(17(21)23)20-9-7-14(8-10-20)19-13-5-3-12(18)4-6-13/h3-6,14-15,19H,2,7-11H2,1H3/t15-/m0/s1. The Hall–Kier alpha value is -1.95. The smallest absolute Gasteiger partial charge is 0.247 e. The van der Waals surface area contributed by atoms with Gasteiger partial charge in [0.15, 0.2) is 0 Å². The minimum absolute atomic E-state index is 0.0533. The first kappa shape index (κ1) is 15.9. The van der Waals surface area contributed by atoms with Crippen LogP contribution in [0.1, 0.15) is 26.2 Å². The Labute approximate surface area is 135 Å². The van der Waals surface area contributed by atoms with Gasteiger partial charge in [0, 0.05) is 31.4 Å². The summed E-state index contributed by atoms with van der Waals surface area (Å²) in [7, 11) is 0. The van der Waals surface area contributed by atoms with Gasteiger partial charge in [0.05, 0.1) is 12.5 Å². The summed E-state index contributed by atoms with van der Waals surface area (Å²) in [5.74, 6) is -0.355. The number of imide groups is 1. The number of likely N-dealkylation sites (N-methyl/N-ethyl adjacent to an activating group) is 1. The van der Waals surface area contributed by atoms with Gasteiger partial charge in [-0.05, 0) is 44.0 Å². The fourth-order valence-electron chi connectivity index (χ4n) is 3.42. The third-order valence-corrected chi connectivity index (χ3v) is 4.72. The molecule has 5 nitrogen and oxygen atoms in total. The number of halogens is 1. The highest BCUT2D eigenvalue weighted by Gasteiger charge is 2.41. The molecule has 0 saturated carbocycles. The van der Waals surface area contributed by atoms with Gasteiger partial charge in [0.2, 0.25) is 11.8 Å². The predicted molar refractivity (Wildman–Crippen MR) is 85.4 cm³/mol. The summed E-state index contributed by atoms with van der Waals surface area (Å²) in [6, 6.07) is 6.39. The second kappa shape index (κ2) is 6.66. The molecule has 0 spiro atoms. The second-order valence-corrected chi connectivity index (χ2v) is 6.16. The lowest BCUT2D eigenvalue weighted by molar-refractivity contribution is -0.139. The number of nitrogens with one attached hydrogen (secondary N) is 1. The van der Waals surface area contributed by atoms with Gasteiger partial charge in [-0.15, -0.1) is 0 Å². The molecule has 1 N–H and O–H groups in total. The summed E-state index contributed by atoms with van der Waals surface area (Å²) < 4.78 is 12.9. The van der Waals surface area contributed by atoms with Gasteiger partial charge in [-0.3, -0.25) is 19.4 Å². The van der Waals surface area contributed by atoms with E-state index in [1.54, 1.807) is 12.1 Å². The van der Waals surface area contributed by atoms with Crippen LogP contribution >= 0.6 is 0 Å². The van der Waals surface area contributed by atoms with Crippen LogP contribution < -0.4 is 5.32 Å². The Morgan fingerprint density at radius 1 is 1.17 bits per heavy atom. The maximum Gasteiger partial charge on any atom is 0.247 e. The fourth-order valence-corrected chi connectivity index (χ4v) is 3.42. The molecule has 23 heavy (non-hydrogen) atoms. The highest BCUT2D eigenvalue weighted by molar-refractivity contribution is 6.05. The lowest BCUT2D eigenvalue weighted by Gasteiger charge is -2.35. The Morgan fingerprint density at radius 2 is 1.83 bits per heavy atom. The zero-order valence-corrected chi connectivity index (χ0v) is 13.3. The summed E-state index contributed by atoms with van der Waals surface area (Å²) in [5, 5.41) is 3.40. The zero-order chi connectivity index (χ0) is 16.4. The van der Waals surface area contributed by atoms with Crippen molar-refractivity contribution in [2.45, 2.75) is 38.3 Å². The number of hydrogen-bond acceptors (Lipinski definition) is 4. The Morgan fingerprint density at radius 3 is 2.39 bits per heavy atom. The van der Waals surface area contributed by atoms with E-state index in [1.807, 2.05) is 6.92 Å². The van der Waals surface area contributed by atoms with E-state index in [0.29, 0.717) is 19.0 Å². The van der Waals surface area contributed by atoms with Crippen molar-refractivity contribution < 1.29 is 14.0 Å². The van der Waals surface area contributed by atoms with Crippen LogP contribution in [-0.2, 0) is 9.59 Å². The van der Waals surface area contributed by atoms with Crippen LogP contribution in [0.25, 0.3) is 0 Å². The van der Waals surface area contributed by atoms with Crippen LogP contribution in [0.2, 0.25) is 0 Å². The summed E-state index contributed by atoms with van der Waals surface area (Å²) in [6.07, 6.45) is 2.12. The molecule has 1 aromatic rings. The topological polar surface area (TPSA) is 52.7 Å². The van der Waals surface area contributed by atoms with E-state index in [1.165, 1.54) is 17.0 Å². The predicted octanol–water partition coefficient (Wildman–Crippen LogP) is 1.85. The van der Waals surface area contributed by atoms with E-state index >= 15 is 0 Å². The molecule has 0 aromatic heterocycles. The van der Waals surface area contributed by atoms with Gasteiger partial charge in [-0.2, -0.15) is 0 Å². The maximum absolute atomic E-state index is 12.9. The summed E-state index contributed by atoms with van der Waals surface area (Å²) in [6.45, 7) is 3.87. The normalized spacial score (nSPS) is 23.6. The number of nitrogens with zero attached hydrogens (tertiary/aromatic N) is 2. The number of hydrogen-bond donors (Lipinski definition) is 1. The first-order valence-corrected chi connectivity index (χ1v) is 8.19. The van der Waals surface area contributed by atoms with Crippen molar-refractivity contribution in [1.82, 2.24) is 9.80 Å². The van der Waals surface area contributed by atoms with Crippen molar-refractivity contribution >= 4 is 17.5 Å². The average Bonchev–Trinajstić information content (AvgIpc) is 2.84. The van der Waals surface area contributed by atoms with E-state index in [9.17, 15) is 14.0 Å². The molecular weight excluding hydrogens is 297 g/mol. The van der Waals surface area contributed by atoms with Crippen LogP contribution in [0.3, 0.4) is 0 Å². The van der Waals surface area contributed by atoms with Crippen LogP contribution in [0.5, 0.6) is 0 Å². The number of amides is 2. The zero-order valence-electron chi connectivity index (χ0n) is 13.3. The van der Waals surface area contributed by atoms with Gasteiger partial charge in [-0.1, -0.05) is 0 Å². The van der Waals surface area contributed by atoms with Crippen LogP contribution in [0.4, 0.5) is 10.1 Å². The van der Waals surface area contributed by atoms with Crippen molar-refractivity contribution in [2.24, 2.45) is 0 Å². The molecule has 2 saturated heterocycles. The number of likely N-dealkylation sites (tertiary alicyclic amines) is 2. The van der Waals surface area contributed by atoms with E-state index in [-0.39, 0.29) is 23.7 Å². The van der Waals surface area contributed by atoms with Crippen LogP contribution in [0.15, 0.2) is 24.3 Å². The molecule has 2 fully saturated rings. The number of anilines is 1. The molecule has 2 heterocycles. The minimum atomic E-state index is -0.283. The molecule has 0 aliphatic carbocycles. The van der Waals surface area contributed by atoms with Gasteiger partial charge >= 0.3 is 0 Å². The van der Waals surface area contributed by atoms with E-state index < -0.39 is 0 Å². The summed E-state index contributed by atoms with van der Waals surface area (Å²) >= 11 is 0. The second-order valence-electron chi connectivity index (χ2n) is 6.16. The molecule has 0 bridgehead atoms. The molecule has 2 amide bonds. The van der Waals surface area contributed by atoms with Crippen molar-refractivity contribution in [3.8, 4) is 0 Å². The average molecular weight is 319 g/mol.